The Kier molecular flexibility index (Phi) is 9.57. The summed E-state index contributed by atoms with van der Waals surface area (Å²) >= 11 is 0. The highest BCUT2D eigenvalue weighted by Gasteiger charge is 2.51. The van der Waals surface area contributed by atoms with Crippen molar-refractivity contribution in [1.82, 2.24) is 34.9 Å². The molecule has 3 aliphatic heterocycles. The summed E-state index contributed by atoms with van der Waals surface area (Å²) in [7, 11) is 0. The Balaban J connectivity index is 0.796. The standard InChI is InChI=1S/C45H43FN8O3/c1-29(2)57-40-14-11-35(24-47-40)42-38-23-37(12-13-39(38)50-51-42)54-22-18-45(44(54)56)17-21-52(28-45)27-41(55)53-19-15-33(16-20-53)32-5-3-30(4-6-32)31-7-9-34(10-8-31)43-48-25-36(46)26-49-43/h3-15,23-26,29H,16-22,27-28H2,1-2H3,(H,50,51)/t45-/m0/s1. The van der Waals surface area contributed by atoms with Gasteiger partial charge >= 0.3 is 0 Å². The van der Waals surface area contributed by atoms with Gasteiger partial charge in [-0.3, -0.25) is 19.6 Å². The maximum Gasteiger partial charge on any atom is 0.237 e. The van der Waals surface area contributed by atoms with Crippen LogP contribution in [0.1, 0.15) is 38.7 Å². The number of halogens is 1. The molecule has 0 saturated carbocycles. The minimum Gasteiger partial charge on any atom is -0.475 e. The van der Waals surface area contributed by atoms with Crippen LogP contribution in [-0.4, -0.2) is 92.1 Å². The number of H-pyrrole nitrogens is 1. The van der Waals surface area contributed by atoms with Crippen molar-refractivity contribution in [3.8, 4) is 39.7 Å². The zero-order valence-electron chi connectivity index (χ0n) is 32.0. The van der Waals surface area contributed by atoms with Crippen LogP contribution in [0.2, 0.25) is 0 Å². The first-order chi connectivity index (χ1) is 27.7. The largest absolute Gasteiger partial charge is 0.475 e. The van der Waals surface area contributed by atoms with Crippen LogP contribution in [0.15, 0.2) is 104 Å². The number of aromatic amines is 1. The van der Waals surface area contributed by atoms with Crippen molar-refractivity contribution < 1.29 is 18.7 Å². The van der Waals surface area contributed by atoms with E-state index >= 15 is 0 Å². The van der Waals surface area contributed by atoms with E-state index in [1.54, 1.807) is 6.20 Å². The summed E-state index contributed by atoms with van der Waals surface area (Å²) in [6, 6.07) is 26.2. The molecule has 0 aliphatic carbocycles. The molecule has 6 aromatic rings. The maximum atomic E-state index is 14.1. The number of rotatable bonds is 9. The van der Waals surface area contributed by atoms with E-state index in [2.05, 4.69) is 60.4 Å². The minimum atomic E-state index is -0.481. The molecule has 288 valence electrons. The Morgan fingerprint density at radius 1 is 0.842 bits per heavy atom. The Labute approximate surface area is 330 Å². The number of hydrogen-bond acceptors (Lipinski definition) is 8. The lowest BCUT2D eigenvalue weighted by atomic mass is 9.85. The average Bonchev–Trinajstić information content (AvgIpc) is 3.95. The summed E-state index contributed by atoms with van der Waals surface area (Å²) in [4.78, 5) is 46.2. The lowest BCUT2D eigenvalue weighted by molar-refractivity contribution is -0.132. The van der Waals surface area contributed by atoms with Gasteiger partial charge in [0, 0.05) is 60.6 Å². The molecule has 57 heavy (non-hydrogen) atoms. The smallest absolute Gasteiger partial charge is 0.237 e. The van der Waals surface area contributed by atoms with Gasteiger partial charge in [-0.05, 0) is 86.2 Å². The van der Waals surface area contributed by atoms with Gasteiger partial charge in [0.15, 0.2) is 11.6 Å². The number of benzene rings is 3. The molecular formula is C45H43FN8O3. The molecule has 6 heterocycles. The zero-order valence-corrected chi connectivity index (χ0v) is 32.0. The van der Waals surface area contributed by atoms with Crippen molar-refractivity contribution in [2.24, 2.45) is 5.41 Å². The van der Waals surface area contributed by atoms with Gasteiger partial charge in [-0.25, -0.2) is 19.3 Å². The summed E-state index contributed by atoms with van der Waals surface area (Å²) in [5, 5.41) is 8.61. The highest BCUT2D eigenvalue weighted by molar-refractivity contribution is 6.03. The number of amides is 2. The van der Waals surface area contributed by atoms with Crippen LogP contribution in [0.3, 0.4) is 0 Å². The number of pyridine rings is 1. The number of nitrogens with one attached hydrogen (secondary N) is 1. The summed E-state index contributed by atoms with van der Waals surface area (Å²) in [5.74, 6) is 0.828. The SMILES string of the molecule is CC(C)Oc1ccc(-c2n[nH]c3ccc(N4CC[C@]5(CCN(CC(=O)N6CC=C(c7ccc(-c8ccc(-c9ncc(F)cn9)cc8)cc7)CC6)C5)C4=O)cc23)cn1. The second kappa shape index (κ2) is 15.0. The monoisotopic (exact) mass is 762 g/mol. The predicted octanol–water partition coefficient (Wildman–Crippen LogP) is 7.42. The maximum absolute atomic E-state index is 14.1. The van der Waals surface area contributed by atoms with Gasteiger partial charge in [-0.15, -0.1) is 0 Å². The van der Waals surface area contributed by atoms with Gasteiger partial charge in [-0.2, -0.15) is 5.10 Å². The number of aromatic nitrogens is 5. The summed E-state index contributed by atoms with van der Waals surface area (Å²) < 4.78 is 18.9. The number of fused-ring (bicyclic) bond motifs is 1. The molecule has 1 spiro atoms. The van der Waals surface area contributed by atoms with Crippen LogP contribution >= 0.6 is 0 Å². The van der Waals surface area contributed by atoms with Crippen LogP contribution in [0, 0.1) is 11.2 Å². The average molecular weight is 763 g/mol. The highest BCUT2D eigenvalue weighted by Crippen LogP contribution is 2.43. The summed E-state index contributed by atoms with van der Waals surface area (Å²) in [6.07, 6.45) is 8.60. The van der Waals surface area contributed by atoms with Crippen LogP contribution in [0.25, 0.3) is 50.2 Å². The van der Waals surface area contributed by atoms with Crippen molar-refractivity contribution in [3.63, 3.8) is 0 Å². The molecule has 2 amide bonds. The Morgan fingerprint density at radius 3 is 2.23 bits per heavy atom. The fraction of sp³-hybridized carbons (Fsp3) is 0.289. The molecule has 11 nitrogen and oxygen atoms in total. The lowest BCUT2D eigenvalue weighted by Crippen LogP contribution is -2.43. The van der Waals surface area contributed by atoms with E-state index in [0.717, 1.165) is 75.9 Å². The molecule has 12 heteroatoms. The van der Waals surface area contributed by atoms with Crippen molar-refractivity contribution in [1.29, 1.82) is 0 Å². The summed E-state index contributed by atoms with van der Waals surface area (Å²) in [6.45, 7) is 7.44. The minimum absolute atomic E-state index is 0.0373. The third-order valence-electron chi connectivity index (χ3n) is 11.4. The van der Waals surface area contributed by atoms with Crippen LogP contribution < -0.4 is 9.64 Å². The predicted molar refractivity (Wildman–Crippen MR) is 218 cm³/mol. The van der Waals surface area contributed by atoms with Crippen LogP contribution in [0.5, 0.6) is 5.88 Å². The van der Waals surface area contributed by atoms with E-state index < -0.39 is 11.2 Å². The van der Waals surface area contributed by atoms with Crippen molar-refractivity contribution in [2.45, 2.75) is 39.2 Å². The fourth-order valence-corrected chi connectivity index (χ4v) is 8.36. The molecular weight excluding hydrogens is 720 g/mol. The molecule has 1 atom stereocenters. The Morgan fingerprint density at radius 2 is 1.54 bits per heavy atom. The van der Waals surface area contributed by atoms with Crippen LogP contribution in [0.4, 0.5) is 10.1 Å². The van der Waals surface area contributed by atoms with E-state index in [0.29, 0.717) is 44.4 Å². The molecule has 0 bridgehead atoms. The molecule has 0 unspecified atom stereocenters. The first-order valence-corrected chi connectivity index (χ1v) is 19.5. The molecule has 9 rings (SSSR count). The molecule has 2 saturated heterocycles. The second-order valence-electron chi connectivity index (χ2n) is 15.5. The lowest BCUT2D eigenvalue weighted by Gasteiger charge is -2.29. The third-order valence-corrected chi connectivity index (χ3v) is 11.4. The number of likely N-dealkylation sites (tertiary alicyclic amines) is 1. The number of anilines is 1. The summed E-state index contributed by atoms with van der Waals surface area (Å²) in [5.41, 5.74) is 8.27. The molecule has 3 aromatic heterocycles. The number of carbonyl (C=O) groups excluding carboxylic acids is 2. The van der Waals surface area contributed by atoms with Crippen molar-refractivity contribution in [3.05, 3.63) is 115 Å². The topological polar surface area (TPSA) is 120 Å². The van der Waals surface area contributed by atoms with E-state index in [1.165, 1.54) is 18.0 Å². The van der Waals surface area contributed by atoms with Crippen molar-refractivity contribution in [2.75, 3.05) is 44.2 Å². The van der Waals surface area contributed by atoms with Crippen molar-refractivity contribution >= 4 is 34.0 Å². The number of hydrogen-bond donors (Lipinski definition) is 1. The van der Waals surface area contributed by atoms with E-state index in [9.17, 15) is 14.0 Å². The first kappa shape index (κ1) is 36.4. The Hall–Kier alpha value is -6.27. The van der Waals surface area contributed by atoms with Gasteiger partial charge in [0.2, 0.25) is 17.7 Å². The molecule has 1 N–H and O–H groups in total. The fourth-order valence-electron chi connectivity index (χ4n) is 8.36. The van der Waals surface area contributed by atoms with E-state index in [4.69, 9.17) is 4.74 Å². The van der Waals surface area contributed by atoms with Gasteiger partial charge in [0.05, 0.1) is 36.0 Å². The van der Waals surface area contributed by atoms with Gasteiger partial charge in [-0.1, -0.05) is 54.6 Å². The van der Waals surface area contributed by atoms with Crippen LogP contribution in [-0.2, 0) is 9.59 Å². The van der Waals surface area contributed by atoms with E-state index in [1.807, 2.05) is 78.2 Å². The normalized spacial score (nSPS) is 18.6. The number of ether oxygens (including phenoxy) is 1. The third kappa shape index (κ3) is 7.28. The first-order valence-electron chi connectivity index (χ1n) is 19.5. The molecule has 3 aromatic carbocycles. The van der Waals surface area contributed by atoms with Gasteiger partial charge in [0.1, 0.15) is 5.69 Å². The zero-order chi connectivity index (χ0) is 39.1. The second-order valence-corrected chi connectivity index (χ2v) is 15.5. The molecule has 3 aliphatic rings. The van der Waals surface area contributed by atoms with Gasteiger partial charge < -0.3 is 14.5 Å². The highest BCUT2D eigenvalue weighted by atomic mass is 19.1. The Bertz CT molecular complexity index is 2460. The van der Waals surface area contributed by atoms with Gasteiger partial charge in [0.25, 0.3) is 0 Å². The molecule has 2 fully saturated rings. The van der Waals surface area contributed by atoms with E-state index in [-0.39, 0.29) is 17.9 Å². The number of nitrogens with zero attached hydrogens (tertiary/aromatic N) is 7. The number of carbonyl (C=O) groups is 2. The molecule has 0 radical (unpaired) electrons. The quantitative estimate of drug-likeness (QED) is 0.162.